The van der Waals surface area contributed by atoms with E-state index in [0.29, 0.717) is 10.0 Å². The summed E-state index contributed by atoms with van der Waals surface area (Å²) < 4.78 is 1.36. The minimum atomic E-state index is -0.0871. The second kappa shape index (κ2) is 9.87. The number of phenolic OH excluding ortho intramolecular Hbond substituents is 1. The Hall–Kier alpha value is -1.41. The molecule has 148 valence electrons. The fraction of sp³-hybridized carbons (Fsp3) is 0.300. The van der Waals surface area contributed by atoms with Crippen molar-refractivity contribution in [2.24, 2.45) is 11.0 Å². The lowest BCUT2D eigenvalue weighted by Gasteiger charge is -2.30. The van der Waals surface area contributed by atoms with Crippen molar-refractivity contribution in [3.8, 4) is 5.75 Å². The highest BCUT2D eigenvalue weighted by Gasteiger charge is 2.24. The first-order valence-electron chi connectivity index (χ1n) is 8.90. The summed E-state index contributed by atoms with van der Waals surface area (Å²) in [7, 11) is 0. The standard InChI is InChI=1S/C20H20Br2ClN3O2/c21-16-9-15(19(27)18(22)10-16)11-24-25-20(28)14-5-7-26(8-6-14)12-13-1-3-17(23)4-2-13/h1-4,9-11,14,27H,5-8,12H2,(H,25,28)/b24-11+. The number of hydrogen-bond donors (Lipinski definition) is 2. The Morgan fingerprint density at radius 1 is 1.25 bits per heavy atom. The Balaban J connectivity index is 1.48. The normalized spacial score (nSPS) is 15.8. The molecule has 0 saturated carbocycles. The van der Waals surface area contributed by atoms with Crippen LogP contribution in [0.15, 0.2) is 50.4 Å². The molecule has 2 N–H and O–H groups in total. The van der Waals surface area contributed by atoms with Crippen LogP contribution in [0.25, 0.3) is 0 Å². The molecule has 1 amide bonds. The Bertz CT molecular complexity index is 866. The number of halogens is 3. The summed E-state index contributed by atoms with van der Waals surface area (Å²) in [5.41, 5.74) is 4.33. The van der Waals surface area contributed by atoms with E-state index in [-0.39, 0.29) is 17.6 Å². The van der Waals surface area contributed by atoms with E-state index in [1.165, 1.54) is 11.8 Å². The summed E-state index contributed by atoms with van der Waals surface area (Å²) >= 11 is 12.6. The molecule has 0 unspecified atom stereocenters. The highest BCUT2D eigenvalue weighted by atomic mass is 79.9. The zero-order chi connectivity index (χ0) is 20.1. The van der Waals surface area contributed by atoms with Crippen LogP contribution in [0.4, 0.5) is 0 Å². The molecule has 0 bridgehead atoms. The predicted octanol–water partition coefficient (Wildman–Crippen LogP) is 4.93. The number of phenols is 1. The van der Waals surface area contributed by atoms with Crippen LogP contribution < -0.4 is 5.43 Å². The van der Waals surface area contributed by atoms with Gasteiger partial charge in [0.1, 0.15) is 5.75 Å². The number of nitrogens with one attached hydrogen (secondary N) is 1. The maximum atomic E-state index is 12.4. The third-order valence-corrected chi connectivity index (χ3v) is 6.03. The topological polar surface area (TPSA) is 64.9 Å². The van der Waals surface area contributed by atoms with Crippen LogP contribution in [0.1, 0.15) is 24.0 Å². The third-order valence-electron chi connectivity index (χ3n) is 4.71. The fourth-order valence-corrected chi connectivity index (χ4v) is 4.53. The first-order valence-corrected chi connectivity index (χ1v) is 10.9. The van der Waals surface area contributed by atoms with Crippen molar-refractivity contribution in [2.75, 3.05) is 13.1 Å². The molecule has 1 fully saturated rings. The molecule has 1 aliphatic heterocycles. The van der Waals surface area contributed by atoms with E-state index in [9.17, 15) is 9.90 Å². The van der Waals surface area contributed by atoms with Gasteiger partial charge in [0, 0.05) is 27.5 Å². The third kappa shape index (κ3) is 5.80. The predicted molar refractivity (Wildman–Crippen MR) is 119 cm³/mol. The molecule has 28 heavy (non-hydrogen) atoms. The number of piperidine rings is 1. The van der Waals surface area contributed by atoms with E-state index in [2.05, 4.69) is 47.3 Å². The monoisotopic (exact) mass is 527 g/mol. The average Bonchev–Trinajstić information content (AvgIpc) is 2.68. The summed E-state index contributed by atoms with van der Waals surface area (Å²) in [6.07, 6.45) is 3.03. The molecule has 8 heteroatoms. The number of aromatic hydroxyl groups is 1. The first kappa shape index (κ1) is 21.3. The van der Waals surface area contributed by atoms with Gasteiger partial charge in [0.05, 0.1) is 10.7 Å². The van der Waals surface area contributed by atoms with Crippen LogP contribution in [0.5, 0.6) is 5.75 Å². The van der Waals surface area contributed by atoms with Gasteiger partial charge in [0.2, 0.25) is 5.91 Å². The second-order valence-electron chi connectivity index (χ2n) is 6.74. The van der Waals surface area contributed by atoms with Crippen LogP contribution in [-0.2, 0) is 11.3 Å². The van der Waals surface area contributed by atoms with Crippen molar-refractivity contribution < 1.29 is 9.90 Å². The molecule has 0 aliphatic carbocycles. The number of hydrogen-bond acceptors (Lipinski definition) is 4. The number of nitrogens with zero attached hydrogens (tertiary/aromatic N) is 2. The number of carbonyl (C=O) groups is 1. The Kier molecular flexibility index (Phi) is 7.51. The van der Waals surface area contributed by atoms with Crippen molar-refractivity contribution in [1.29, 1.82) is 0 Å². The largest absolute Gasteiger partial charge is 0.506 e. The molecule has 5 nitrogen and oxygen atoms in total. The molecule has 0 atom stereocenters. The van der Waals surface area contributed by atoms with E-state index >= 15 is 0 Å². The quantitative estimate of drug-likeness (QED) is 0.426. The van der Waals surface area contributed by atoms with E-state index < -0.39 is 0 Å². The average molecular weight is 530 g/mol. The highest BCUT2D eigenvalue weighted by molar-refractivity contribution is 9.11. The van der Waals surface area contributed by atoms with E-state index in [4.69, 9.17) is 11.6 Å². The van der Waals surface area contributed by atoms with Crippen LogP contribution in [0, 0.1) is 5.92 Å². The van der Waals surface area contributed by atoms with Gasteiger partial charge in [0.25, 0.3) is 0 Å². The Labute approximate surface area is 186 Å². The van der Waals surface area contributed by atoms with Gasteiger partial charge >= 0.3 is 0 Å². The van der Waals surface area contributed by atoms with Crippen LogP contribution in [0.3, 0.4) is 0 Å². The number of benzene rings is 2. The first-order chi connectivity index (χ1) is 13.4. The molecule has 1 saturated heterocycles. The summed E-state index contributed by atoms with van der Waals surface area (Å²) in [5, 5.41) is 14.8. The van der Waals surface area contributed by atoms with Gasteiger partial charge in [-0.25, -0.2) is 5.43 Å². The molecular formula is C20H20Br2ClN3O2. The fourth-order valence-electron chi connectivity index (χ4n) is 3.14. The Morgan fingerprint density at radius 2 is 1.93 bits per heavy atom. The zero-order valence-corrected chi connectivity index (χ0v) is 19.0. The minimum absolute atomic E-state index is 0.0542. The molecule has 0 spiro atoms. The van der Waals surface area contributed by atoms with Gasteiger partial charge in [-0.05, 0) is 71.7 Å². The smallest absolute Gasteiger partial charge is 0.243 e. The molecule has 0 aromatic heterocycles. The summed E-state index contributed by atoms with van der Waals surface area (Å²) in [4.78, 5) is 14.7. The van der Waals surface area contributed by atoms with Gasteiger partial charge in [-0.15, -0.1) is 0 Å². The van der Waals surface area contributed by atoms with Crippen molar-refractivity contribution >= 4 is 55.6 Å². The van der Waals surface area contributed by atoms with Gasteiger partial charge in [-0.2, -0.15) is 5.10 Å². The van der Waals surface area contributed by atoms with Crippen molar-refractivity contribution in [2.45, 2.75) is 19.4 Å². The zero-order valence-electron chi connectivity index (χ0n) is 15.0. The lowest BCUT2D eigenvalue weighted by atomic mass is 9.96. The SMILES string of the molecule is O=C(N/N=C/c1cc(Br)cc(Br)c1O)C1CCN(Cc2ccc(Cl)cc2)CC1. The van der Waals surface area contributed by atoms with Gasteiger partial charge in [0.15, 0.2) is 0 Å². The number of hydrazone groups is 1. The Morgan fingerprint density at radius 3 is 2.61 bits per heavy atom. The molecule has 0 radical (unpaired) electrons. The van der Waals surface area contributed by atoms with Crippen molar-refractivity contribution in [3.63, 3.8) is 0 Å². The highest BCUT2D eigenvalue weighted by Crippen LogP contribution is 2.30. The molecule has 3 rings (SSSR count). The van der Waals surface area contributed by atoms with Crippen LogP contribution in [0.2, 0.25) is 5.02 Å². The van der Waals surface area contributed by atoms with Crippen molar-refractivity contribution in [3.05, 3.63) is 61.5 Å². The van der Waals surface area contributed by atoms with E-state index in [1.807, 2.05) is 24.3 Å². The number of amides is 1. The van der Waals surface area contributed by atoms with Crippen LogP contribution in [-0.4, -0.2) is 35.2 Å². The van der Waals surface area contributed by atoms with E-state index in [1.54, 1.807) is 12.1 Å². The molecule has 2 aromatic carbocycles. The minimum Gasteiger partial charge on any atom is -0.506 e. The lowest BCUT2D eigenvalue weighted by Crippen LogP contribution is -2.39. The molecular weight excluding hydrogens is 510 g/mol. The van der Waals surface area contributed by atoms with Gasteiger partial charge in [-0.3, -0.25) is 9.69 Å². The lowest BCUT2D eigenvalue weighted by molar-refractivity contribution is -0.126. The molecule has 1 heterocycles. The molecule has 1 aliphatic rings. The van der Waals surface area contributed by atoms with Crippen molar-refractivity contribution in [1.82, 2.24) is 10.3 Å². The number of rotatable bonds is 5. The summed E-state index contributed by atoms with van der Waals surface area (Å²) in [6.45, 7) is 2.59. The van der Waals surface area contributed by atoms with Crippen LogP contribution >= 0.6 is 43.5 Å². The maximum Gasteiger partial charge on any atom is 0.243 e. The summed E-state index contributed by atoms with van der Waals surface area (Å²) in [6, 6.07) is 11.3. The maximum absolute atomic E-state index is 12.4. The summed E-state index contributed by atoms with van der Waals surface area (Å²) in [5.74, 6) is -0.0610. The molecule has 2 aromatic rings. The number of carbonyl (C=O) groups excluding carboxylic acids is 1. The van der Waals surface area contributed by atoms with Gasteiger partial charge in [-0.1, -0.05) is 39.7 Å². The number of likely N-dealkylation sites (tertiary alicyclic amines) is 1. The van der Waals surface area contributed by atoms with E-state index in [0.717, 1.165) is 42.0 Å². The van der Waals surface area contributed by atoms with Gasteiger partial charge < -0.3 is 5.11 Å². The second-order valence-corrected chi connectivity index (χ2v) is 8.94.